The van der Waals surface area contributed by atoms with Gasteiger partial charge in [0.15, 0.2) is 0 Å². The fraction of sp³-hybridized carbons (Fsp3) is 1.00. The van der Waals surface area contributed by atoms with Crippen molar-refractivity contribution in [2.45, 2.75) is 84.7 Å². The summed E-state index contributed by atoms with van der Waals surface area (Å²) in [5, 5.41) is 10.4. The van der Waals surface area contributed by atoms with E-state index in [2.05, 4.69) is 20.8 Å². The molecule has 2 rings (SSSR count). The van der Waals surface area contributed by atoms with Crippen molar-refractivity contribution in [3.05, 3.63) is 0 Å². The Morgan fingerprint density at radius 1 is 0.895 bits per heavy atom. The molecule has 2 aliphatic carbocycles. The zero-order chi connectivity index (χ0) is 13.8. The van der Waals surface area contributed by atoms with Gasteiger partial charge < -0.3 is 5.11 Å². The van der Waals surface area contributed by atoms with E-state index in [1.165, 1.54) is 51.4 Å². The third kappa shape index (κ3) is 3.97. The van der Waals surface area contributed by atoms with Crippen LogP contribution >= 0.6 is 0 Å². The minimum Gasteiger partial charge on any atom is -0.393 e. The molecule has 0 aliphatic heterocycles. The van der Waals surface area contributed by atoms with Crippen LogP contribution in [0.1, 0.15) is 78.6 Å². The maximum absolute atomic E-state index is 10.4. The van der Waals surface area contributed by atoms with Gasteiger partial charge in [-0.25, -0.2) is 0 Å². The molecule has 0 saturated heterocycles. The van der Waals surface area contributed by atoms with Crippen molar-refractivity contribution in [1.82, 2.24) is 0 Å². The molecular weight excluding hydrogens is 232 g/mol. The summed E-state index contributed by atoms with van der Waals surface area (Å²) < 4.78 is 0. The Morgan fingerprint density at radius 3 is 1.84 bits per heavy atom. The van der Waals surface area contributed by atoms with E-state index in [4.69, 9.17) is 0 Å². The highest BCUT2D eigenvalue weighted by molar-refractivity contribution is 4.84. The van der Waals surface area contributed by atoms with E-state index in [-0.39, 0.29) is 6.10 Å². The lowest BCUT2D eigenvalue weighted by atomic mass is 9.68. The van der Waals surface area contributed by atoms with Crippen LogP contribution < -0.4 is 0 Å². The van der Waals surface area contributed by atoms with Gasteiger partial charge in [-0.05, 0) is 68.1 Å². The molecule has 0 aromatic heterocycles. The molecule has 0 aromatic carbocycles. The van der Waals surface area contributed by atoms with Crippen LogP contribution in [0.4, 0.5) is 0 Å². The van der Waals surface area contributed by atoms with Gasteiger partial charge in [0.05, 0.1) is 6.10 Å². The van der Waals surface area contributed by atoms with Crippen molar-refractivity contribution in [2.24, 2.45) is 29.6 Å². The van der Waals surface area contributed by atoms with Crippen molar-refractivity contribution in [3.63, 3.8) is 0 Å². The predicted octanol–water partition coefficient (Wildman–Crippen LogP) is 5.03. The molecule has 0 amide bonds. The van der Waals surface area contributed by atoms with Crippen LogP contribution in [0.3, 0.4) is 0 Å². The summed E-state index contributed by atoms with van der Waals surface area (Å²) in [7, 11) is 0. The van der Waals surface area contributed by atoms with E-state index in [1.807, 2.05) is 0 Å². The van der Waals surface area contributed by atoms with E-state index >= 15 is 0 Å². The van der Waals surface area contributed by atoms with Crippen molar-refractivity contribution in [3.8, 4) is 0 Å². The molecule has 2 atom stereocenters. The number of rotatable bonds is 4. The quantitative estimate of drug-likeness (QED) is 0.757. The van der Waals surface area contributed by atoms with Gasteiger partial charge in [-0.15, -0.1) is 0 Å². The van der Waals surface area contributed by atoms with Crippen LogP contribution in [0.25, 0.3) is 0 Å². The van der Waals surface area contributed by atoms with Gasteiger partial charge in [-0.3, -0.25) is 0 Å². The SMILES string of the molecule is CCC(C)C(O)C1CCC(C2CCC(C)CC2)CC1. The maximum atomic E-state index is 10.4. The zero-order valence-electron chi connectivity index (χ0n) is 13.3. The minimum atomic E-state index is -0.0441. The first-order valence-electron chi connectivity index (χ1n) is 8.79. The van der Waals surface area contributed by atoms with E-state index < -0.39 is 0 Å². The number of hydrogen-bond acceptors (Lipinski definition) is 1. The summed E-state index contributed by atoms with van der Waals surface area (Å²) >= 11 is 0. The van der Waals surface area contributed by atoms with Gasteiger partial charge >= 0.3 is 0 Å². The smallest absolute Gasteiger partial charge is 0.0593 e. The standard InChI is InChI=1S/C18H34O/c1-4-14(3)18(19)17-11-9-16(10-12-17)15-7-5-13(2)6-8-15/h13-19H,4-12H2,1-3H3. The number of aliphatic hydroxyl groups excluding tert-OH is 1. The summed E-state index contributed by atoms with van der Waals surface area (Å²) in [6, 6.07) is 0. The van der Waals surface area contributed by atoms with Crippen molar-refractivity contribution >= 4 is 0 Å². The van der Waals surface area contributed by atoms with Gasteiger partial charge in [-0.2, -0.15) is 0 Å². The lowest BCUT2D eigenvalue weighted by molar-refractivity contribution is 0.0216. The average molecular weight is 266 g/mol. The van der Waals surface area contributed by atoms with Crippen LogP contribution in [-0.4, -0.2) is 11.2 Å². The normalized spacial score (nSPS) is 39.8. The Bertz CT molecular complexity index is 246. The first kappa shape index (κ1) is 15.4. The van der Waals surface area contributed by atoms with Gasteiger partial charge in [0.1, 0.15) is 0 Å². The van der Waals surface area contributed by atoms with Crippen LogP contribution in [0.2, 0.25) is 0 Å². The second-order valence-electron chi connectivity index (χ2n) is 7.57. The van der Waals surface area contributed by atoms with E-state index in [9.17, 15) is 5.11 Å². The highest BCUT2D eigenvalue weighted by Gasteiger charge is 2.33. The fourth-order valence-electron chi connectivity index (χ4n) is 4.42. The van der Waals surface area contributed by atoms with Gasteiger partial charge in [0.25, 0.3) is 0 Å². The molecule has 0 spiro atoms. The van der Waals surface area contributed by atoms with E-state index in [0.717, 1.165) is 24.2 Å². The van der Waals surface area contributed by atoms with Gasteiger partial charge in [-0.1, -0.05) is 40.0 Å². The maximum Gasteiger partial charge on any atom is 0.0593 e. The molecule has 2 fully saturated rings. The minimum absolute atomic E-state index is 0.0441. The summed E-state index contributed by atoms with van der Waals surface area (Å²) in [6.07, 6.45) is 12.3. The molecular formula is C18H34O. The monoisotopic (exact) mass is 266 g/mol. The molecule has 0 bridgehead atoms. The predicted molar refractivity (Wildman–Crippen MR) is 82.0 cm³/mol. The zero-order valence-corrected chi connectivity index (χ0v) is 13.3. The third-order valence-electron chi connectivity index (χ3n) is 6.25. The van der Waals surface area contributed by atoms with Crippen molar-refractivity contribution in [2.75, 3.05) is 0 Å². The molecule has 1 N–H and O–H groups in total. The highest BCUT2D eigenvalue weighted by Crippen LogP contribution is 2.42. The second-order valence-corrected chi connectivity index (χ2v) is 7.57. The van der Waals surface area contributed by atoms with Crippen LogP contribution in [-0.2, 0) is 0 Å². The molecule has 2 aliphatic rings. The van der Waals surface area contributed by atoms with Crippen LogP contribution in [0, 0.1) is 29.6 Å². The molecule has 0 aromatic rings. The molecule has 2 unspecified atom stereocenters. The Morgan fingerprint density at radius 2 is 1.37 bits per heavy atom. The lowest BCUT2D eigenvalue weighted by Gasteiger charge is -2.39. The average Bonchev–Trinajstić information content (AvgIpc) is 2.46. The number of aliphatic hydroxyl groups is 1. The Balaban J connectivity index is 1.76. The Hall–Kier alpha value is -0.0400. The molecule has 2 saturated carbocycles. The van der Waals surface area contributed by atoms with Crippen molar-refractivity contribution in [1.29, 1.82) is 0 Å². The molecule has 0 heterocycles. The first-order chi connectivity index (χ1) is 9.11. The molecule has 0 radical (unpaired) electrons. The van der Waals surface area contributed by atoms with Crippen LogP contribution in [0.5, 0.6) is 0 Å². The topological polar surface area (TPSA) is 20.2 Å². The largest absolute Gasteiger partial charge is 0.393 e. The Labute approximate surface area is 120 Å². The third-order valence-corrected chi connectivity index (χ3v) is 6.25. The van der Waals surface area contributed by atoms with Crippen LogP contribution in [0.15, 0.2) is 0 Å². The summed E-state index contributed by atoms with van der Waals surface area (Å²) in [4.78, 5) is 0. The Kier molecular flexibility index (Phi) is 5.74. The molecule has 112 valence electrons. The van der Waals surface area contributed by atoms with E-state index in [0.29, 0.717) is 11.8 Å². The fourth-order valence-corrected chi connectivity index (χ4v) is 4.42. The number of hydrogen-bond donors (Lipinski definition) is 1. The summed E-state index contributed by atoms with van der Waals surface area (Å²) in [5.41, 5.74) is 0. The van der Waals surface area contributed by atoms with Crippen molar-refractivity contribution < 1.29 is 5.11 Å². The van der Waals surface area contributed by atoms with Gasteiger partial charge in [0.2, 0.25) is 0 Å². The highest BCUT2D eigenvalue weighted by atomic mass is 16.3. The molecule has 1 nitrogen and oxygen atoms in total. The summed E-state index contributed by atoms with van der Waals surface area (Å²) in [5.74, 6) is 4.04. The second kappa shape index (κ2) is 7.11. The van der Waals surface area contributed by atoms with Gasteiger partial charge in [0, 0.05) is 0 Å². The molecule has 1 heteroatoms. The molecule has 19 heavy (non-hydrogen) atoms. The van der Waals surface area contributed by atoms with E-state index in [1.54, 1.807) is 0 Å². The first-order valence-corrected chi connectivity index (χ1v) is 8.79. The lowest BCUT2D eigenvalue weighted by Crippen LogP contribution is -2.33. The summed E-state index contributed by atoms with van der Waals surface area (Å²) in [6.45, 7) is 6.82.